The van der Waals surface area contributed by atoms with Gasteiger partial charge in [-0.2, -0.15) is 0 Å². The molecule has 0 saturated heterocycles. The van der Waals surface area contributed by atoms with Crippen molar-refractivity contribution in [2.75, 3.05) is 0 Å². The fourth-order valence-corrected chi connectivity index (χ4v) is 6.47. The van der Waals surface area contributed by atoms with Crippen molar-refractivity contribution in [3.05, 3.63) is 152 Å². The van der Waals surface area contributed by atoms with E-state index < -0.39 is 0 Å². The normalized spacial score (nSPS) is 11.5. The molecular weight excluding hydrogens is 496 g/mol. The van der Waals surface area contributed by atoms with E-state index in [1.165, 1.54) is 54.6 Å². The molecule has 0 aliphatic carbocycles. The maximum Gasteiger partial charge on any atom is 0.123 e. The Kier molecular flexibility index (Phi) is 5.36. The first-order valence-electron chi connectivity index (χ1n) is 14.0. The van der Waals surface area contributed by atoms with Crippen LogP contribution >= 0.6 is 0 Å². The van der Waals surface area contributed by atoms with E-state index in [0.29, 0.717) is 5.75 Å². The zero-order valence-electron chi connectivity index (χ0n) is 22.4. The fraction of sp³-hybridized carbons (Fsp3) is 0. The summed E-state index contributed by atoms with van der Waals surface area (Å²) >= 11 is 0. The quantitative estimate of drug-likeness (QED) is 0.229. The van der Waals surface area contributed by atoms with Crippen LogP contribution in [0.2, 0.25) is 0 Å². The van der Waals surface area contributed by atoms with E-state index >= 15 is 0 Å². The van der Waals surface area contributed by atoms with Crippen molar-refractivity contribution in [3.8, 4) is 39.1 Å². The highest BCUT2D eigenvalue weighted by molar-refractivity contribution is 6.22. The average Bonchev–Trinajstić information content (AvgIpc) is 3.03. The molecule has 1 heteroatoms. The Morgan fingerprint density at radius 3 is 1.49 bits per heavy atom. The lowest BCUT2D eigenvalue weighted by atomic mass is 9.85. The van der Waals surface area contributed by atoms with Crippen molar-refractivity contribution in [2.45, 2.75) is 0 Å². The van der Waals surface area contributed by atoms with Gasteiger partial charge in [0.05, 0.1) is 0 Å². The number of fused-ring (bicyclic) bond motifs is 4. The standard InChI is InChI=1S/C40H26O/c41-38-23-22-31(32-14-3-4-15-33(32)38)28-12-9-13-29(25-28)39-34-16-5-7-18-36(34)40(37-19-8-6-17-35(37)39)30-21-20-26-10-1-2-11-27(26)24-30/h1-25,41H. The second-order valence-corrected chi connectivity index (χ2v) is 10.7. The molecule has 41 heavy (non-hydrogen) atoms. The molecule has 8 aromatic carbocycles. The van der Waals surface area contributed by atoms with Gasteiger partial charge >= 0.3 is 0 Å². The molecule has 0 saturated carbocycles. The summed E-state index contributed by atoms with van der Waals surface area (Å²) in [5.74, 6) is 0.307. The van der Waals surface area contributed by atoms with E-state index in [2.05, 4.69) is 121 Å². The molecule has 8 rings (SSSR count). The predicted octanol–water partition coefficient (Wildman–Crippen LogP) is 11.0. The molecular formula is C40H26O. The third-order valence-electron chi connectivity index (χ3n) is 8.33. The van der Waals surface area contributed by atoms with Gasteiger partial charge in [0.1, 0.15) is 5.75 Å². The molecule has 192 valence electrons. The number of phenolic OH excluding ortho intramolecular Hbond substituents is 1. The van der Waals surface area contributed by atoms with Crippen LogP contribution in [0.5, 0.6) is 5.75 Å². The summed E-state index contributed by atoms with van der Waals surface area (Å²) in [5, 5.41) is 19.9. The topological polar surface area (TPSA) is 20.2 Å². The van der Waals surface area contributed by atoms with Crippen molar-refractivity contribution in [2.24, 2.45) is 0 Å². The average molecular weight is 523 g/mol. The van der Waals surface area contributed by atoms with E-state index in [1.807, 2.05) is 24.3 Å². The Balaban J connectivity index is 1.41. The largest absolute Gasteiger partial charge is 0.507 e. The van der Waals surface area contributed by atoms with Crippen molar-refractivity contribution < 1.29 is 5.11 Å². The fourth-order valence-electron chi connectivity index (χ4n) is 6.47. The van der Waals surface area contributed by atoms with Crippen molar-refractivity contribution in [1.29, 1.82) is 0 Å². The first kappa shape index (κ1) is 23.5. The van der Waals surface area contributed by atoms with Gasteiger partial charge in [-0.25, -0.2) is 0 Å². The SMILES string of the molecule is Oc1ccc(-c2cccc(-c3c4ccccc4c(-c4ccc5ccccc5c4)c4ccccc34)c2)c2ccccc12. The molecule has 0 radical (unpaired) electrons. The molecule has 0 spiro atoms. The Hall–Kier alpha value is -5.40. The zero-order chi connectivity index (χ0) is 27.3. The van der Waals surface area contributed by atoms with E-state index in [0.717, 1.165) is 21.9 Å². The van der Waals surface area contributed by atoms with E-state index in [-0.39, 0.29) is 0 Å². The Morgan fingerprint density at radius 2 is 0.829 bits per heavy atom. The summed E-state index contributed by atoms with van der Waals surface area (Å²) in [5.41, 5.74) is 7.16. The molecule has 0 aliphatic heterocycles. The molecule has 0 heterocycles. The maximum absolute atomic E-state index is 10.5. The van der Waals surface area contributed by atoms with Gasteiger partial charge in [0.15, 0.2) is 0 Å². The van der Waals surface area contributed by atoms with Crippen LogP contribution in [0.15, 0.2) is 152 Å². The van der Waals surface area contributed by atoms with Gasteiger partial charge in [-0.05, 0) is 89.3 Å². The molecule has 0 atom stereocenters. The minimum absolute atomic E-state index is 0.307. The summed E-state index contributed by atoms with van der Waals surface area (Å²) in [6.07, 6.45) is 0. The number of hydrogen-bond acceptors (Lipinski definition) is 1. The highest BCUT2D eigenvalue weighted by atomic mass is 16.3. The molecule has 0 unspecified atom stereocenters. The van der Waals surface area contributed by atoms with Crippen LogP contribution < -0.4 is 0 Å². The van der Waals surface area contributed by atoms with Gasteiger partial charge in [0, 0.05) is 5.39 Å². The molecule has 1 nitrogen and oxygen atoms in total. The van der Waals surface area contributed by atoms with Crippen LogP contribution in [0, 0.1) is 0 Å². The Labute approximate surface area is 238 Å². The van der Waals surface area contributed by atoms with E-state index in [9.17, 15) is 5.11 Å². The first-order chi connectivity index (χ1) is 20.3. The zero-order valence-corrected chi connectivity index (χ0v) is 22.4. The third-order valence-corrected chi connectivity index (χ3v) is 8.33. The predicted molar refractivity (Wildman–Crippen MR) is 174 cm³/mol. The van der Waals surface area contributed by atoms with E-state index in [4.69, 9.17) is 0 Å². The van der Waals surface area contributed by atoms with Crippen molar-refractivity contribution in [1.82, 2.24) is 0 Å². The van der Waals surface area contributed by atoms with Gasteiger partial charge in [-0.1, -0.05) is 133 Å². The number of aromatic hydroxyl groups is 1. The van der Waals surface area contributed by atoms with Gasteiger partial charge in [0.2, 0.25) is 0 Å². The van der Waals surface area contributed by atoms with Gasteiger partial charge in [0.25, 0.3) is 0 Å². The molecule has 0 aromatic heterocycles. The molecule has 0 aliphatic rings. The summed E-state index contributed by atoms with van der Waals surface area (Å²) in [6, 6.07) is 53.7. The molecule has 8 aromatic rings. The second kappa shape index (κ2) is 9.36. The second-order valence-electron chi connectivity index (χ2n) is 10.7. The lowest BCUT2D eigenvalue weighted by molar-refractivity contribution is 0.481. The van der Waals surface area contributed by atoms with Gasteiger partial charge < -0.3 is 5.11 Å². The smallest absolute Gasteiger partial charge is 0.123 e. The highest BCUT2D eigenvalue weighted by Gasteiger charge is 2.17. The number of hydrogen-bond donors (Lipinski definition) is 1. The number of phenols is 1. The third kappa shape index (κ3) is 3.78. The minimum atomic E-state index is 0.307. The first-order valence-corrected chi connectivity index (χ1v) is 14.0. The van der Waals surface area contributed by atoms with Crippen molar-refractivity contribution >= 4 is 43.1 Å². The van der Waals surface area contributed by atoms with Crippen LogP contribution in [0.25, 0.3) is 76.5 Å². The van der Waals surface area contributed by atoms with Crippen molar-refractivity contribution in [3.63, 3.8) is 0 Å². The summed E-state index contributed by atoms with van der Waals surface area (Å²) in [7, 11) is 0. The lowest BCUT2D eigenvalue weighted by Gasteiger charge is -2.18. The molecule has 0 amide bonds. The molecule has 1 N–H and O–H groups in total. The van der Waals surface area contributed by atoms with Crippen LogP contribution in [-0.2, 0) is 0 Å². The minimum Gasteiger partial charge on any atom is -0.507 e. The van der Waals surface area contributed by atoms with Gasteiger partial charge in [-0.15, -0.1) is 0 Å². The number of rotatable bonds is 3. The monoisotopic (exact) mass is 522 g/mol. The van der Waals surface area contributed by atoms with Crippen LogP contribution in [0.1, 0.15) is 0 Å². The highest BCUT2D eigenvalue weighted by Crippen LogP contribution is 2.45. The Morgan fingerprint density at radius 1 is 0.317 bits per heavy atom. The maximum atomic E-state index is 10.5. The molecule has 0 fully saturated rings. The summed E-state index contributed by atoms with van der Waals surface area (Å²) in [6.45, 7) is 0. The van der Waals surface area contributed by atoms with Crippen LogP contribution in [0.3, 0.4) is 0 Å². The van der Waals surface area contributed by atoms with Crippen LogP contribution in [-0.4, -0.2) is 5.11 Å². The lowest BCUT2D eigenvalue weighted by Crippen LogP contribution is -1.91. The van der Waals surface area contributed by atoms with Gasteiger partial charge in [-0.3, -0.25) is 0 Å². The number of benzene rings is 8. The summed E-state index contributed by atoms with van der Waals surface area (Å²) < 4.78 is 0. The molecule has 0 bridgehead atoms. The Bertz CT molecular complexity index is 2220. The van der Waals surface area contributed by atoms with Crippen LogP contribution in [0.4, 0.5) is 0 Å². The summed E-state index contributed by atoms with van der Waals surface area (Å²) in [4.78, 5) is 0. The van der Waals surface area contributed by atoms with E-state index in [1.54, 1.807) is 6.07 Å².